The number of H-pyrrole nitrogens is 1. The summed E-state index contributed by atoms with van der Waals surface area (Å²) in [7, 11) is 0. The molecular weight excluding hydrogens is 354 g/mol. The van der Waals surface area contributed by atoms with Crippen molar-refractivity contribution in [3.05, 3.63) is 11.6 Å². The minimum Gasteiger partial charge on any atom is -0.381 e. The van der Waals surface area contributed by atoms with E-state index in [0.29, 0.717) is 13.2 Å². The fourth-order valence-corrected chi connectivity index (χ4v) is 5.16. The molecule has 1 saturated carbocycles. The van der Waals surface area contributed by atoms with Crippen LogP contribution in [0.4, 0.5) is 0 Å². The third-order valence-electron chi connectivity index (χ3n) is 6.80. The second-order valence-corrected chi connectivity index (χ2v) is 8.94. The second kappa shape index (κ2) is 9.35. The van der Waals surface area contributed by atoms with Crippen LogP contribution in [0.2, 0.25) is 0 Å². The highest BCUT2D eigenvalue weighted by atomic mass is 16.5. The average molecular weight is 390 g/mol. The number of aromatic amines is 1. The molecule has 1 aliphatic carbocycles. The van der Waals surface area contributed by atoms with Crippen LogP contribution < -0.4 is 5.32 Å². The van der Waals surface area contributed by atoms with Gasteiger partial charge in [0.05, 0.1) is 6.04 Å². The molecular formula is C21H35N5O2. The molecule has 1 aromatic rings. The number of nitrogens with one attached hydrogen (secondary N) is 2. The molecule has 2 N–H and O–H groups in total. The zero-order valence-corrected chi connectivity index (χ0v) is 17.2. The van der Waals surface area contributed by atoms with Crippen molar-refractivity contribution in [2.24, 2.45) is 11.8 Å². The first-order valence-electron chi connectivity index (χ1n) is 11.2. The monoisotopic (exact) mass is 389 g/mol. The zero-order valence-electron chi connectivity index (χ0n) is 17.2. The van der Waals surface area contributed by atoms with E-state index in [0.717, 1.165) is 49.9 Å². The fourth-order valence-electron chi connectivity index (χ4n) is 5.16. The Labute approximate surface area is 168 Å². The second-order valence-electron chi connectivity index (χ2n) is 8.94. The van der Waals surface area contributed by atoms with E-state index in [4.69, 9.17) is 4.74 Å². The highest BCUT2D eigenvalue weighted by molar-refractivity contribution is 5.79. The minimum absolute atomic E-state index is 0.0806. The lowest BCUT2D eigenvalue weighted by Gasteiger charge is -2.40. The standard InChI is InChI=1S/C21H35N5O2/c1-15-22-20(25-24-15)18-7-10-26(13-16-5-3-2-4-6-16)14-19(18)23-21(27)17-8-11-28-12-9-17/h16-19H,2-14H2,1H3,(H,23,27)(H,22,24,25)/t18-,19+/m0/s1. The summed E-state index contributed by atoms with van der Waals surface area (Å²) in [6.07, 6.45) is 9.53. The van der Waals surface area contributed by atoms with E-state index in [2.05, 4.69) is 25.4 Å². The van der Waals surface area contributed by atoms with E-state index in [1.165, 1.54) is 38.6 Å². The van der Waals surface area contributed by atoms with E-state index in [-0.39, 0.29) is 23.8 Å². The largest absolute Gasteiger partial charge is 0.381 e. The Kier molecular flexibility index (Phi) is 6.62. The number of hydrogen-bond donors (Lipinski definition) is 2. The number of aromatic nitrogens is 3. The van der Waals surface area contributed by atoms with E-state index < -0.39 is 0 Å². The summed E-state index contributed by atoms with van der Waals surface area (Å²) in [5.74, 6) is 2.97. The van der Waals surface area contributed by atoms with Crippen molar-refractivity contribution < 1.29 is 9.53 Å². The van der Waals surface area contributed by atoms with Gasteiger partial charge in [0.2, 0.25) is 5.91 Å². The lowest BCUT2D eigenvalue weighted by molar-refractivity contribution is -0.129. The summed E-state index contributed by atoms with van der Waals surface area (Å²) in [6.45, 7) is 6.47. The molecule has 28 heavy (non-hydrogen) atoms. The first kappa shape index (κ1) is 19.8. The van der Waals surface area contributed by atoms with Crippen molar-refractivity contribution >= 4 is 5.91 Å². The third-order valence-corrected chi connectivity index (χ3v) is 6.80. The predicted molar refractivity (Wildman–Crippen MR) is 107 cm³/mol. The molecule has 0 spiro atoms. The molecule has 0 aromatic carbocycles. The number of rotatable bonds is 5. The molecule has 2 atom stereocenters. The summed E-state index contributed by atoms with van der Waals surface area (Å²) < 4.78 is 5.42. The van der Waals surface area contributed by atoms with Gasteiger partial charge in [-0.15, -0.1) is 0 Å². The van der Waals surface area contributed by atoms with Crippen LogP contribution in [0.1, 0.15) is 68.9 Å². The number of carbonyl (C=O) groups is 1. The molecule has 2 saturated heterocycles. The molecule has 0 radical (unpaired) electrons. The van der Waals surface area contributed by atoms with Crippen LogP contribution in [0.15, 0.2) is 0 Å². The lowest BCUT2D eigenvalue weighted by atomic mass is 9.86. The van der Waals surface area contributed by atoms with Gasteiger partial charge in [-0.05, 0) is 51.5 Å². The van der Waals surface area contributed by atoms with Crippen molar-refractivity contribution in [1.29, 1.82) is 0 Å². The lowest BCUT2D eigenvalue weighted by Crippen LogP contribution is -2.54. The van der Waals surface area contributed by atoms with Crippen molar-refractivity contribution in [1.82, 2.24) is 25.4 Å². The number of carbonyl (C=O) groups excluding carboxylic acids is 1. The third kappa shape index (κ3) is 4.92. The normalized spacial score (nSPS) is 28.3. The van der Waals surface area contributed by atoms with Gasteiger partial charge in [-0.1, -0.05) is 19.3 Å². The van der Waals surface area contributed by atoms with Crippen LogP contribution in [0.25, 0.3) is 0 Å². The van der Waals surface area contributed by atoms with Gasteiger partial charge in [0.1, 0.15) is 5.82 Å². The van der Waals surface area contributed by atoms with Gasteiger partial charge in [-0.3, -0.25) is 9.89 Å². The van der Waals surface area contributed by atoms with Crippen molar-refractivity contribution in [2.75, 3.05) is 32.8 Å². The van der Waals surface area contributed by atoms with Gasteiger partial charge in [0.25, 0.3) is 0 Å². The number of likely N-dealkylation sites (tertiary alicyclic amines) is 1. The fraction of sp³-hybridized carbons (Fsp3) is 0.857. The zero-order chi connectivity index (χ0) is 19.3. The van der Waals surface area contributed by atoms with Gasteiger partial charge >= 0.3 is 0 Å². The van der Waals surface area contributed by atoms with Gasteiger partial charge in [0, 0.05) is 38.1 Å². The Morgan fingerprint density at radius 1 is 1.18 bits per heavy atom. The molecule has 3 fully saturated rings. The number of amides is 1. The molecule has 1 aromatic heterocycles. The van der Waals surface area contributed by atoms with Gasteiger partial charge < -0.3 is 15.0 Å². The van der Waals surface area contributed by atoms with E-state index >= 15 is 0 Å². The molecule has 1 amide bonds. The van der Waals surface area contributed by atoms with Crippen molar-refractivity contribution in [2.45, 2.75) is 70.3 Å². The Balaban J connectivity index is 1.42. The molecule has 0 bridgehead atoms. The maximum absolute atomic E-state index is 12.9. The molecule has 3 aliphatic rings. The first-order valence-corrected chi connectivity index (χ1v) is 11.2. The summed E-state index contributed by atoms with van der Waals surface area (Å²) in [4.78, 5) is 20.1. The number of aryl methyl sites for hydroxylation is 1. The van der Waals surface area contributed by atoms with Crippen LogP contribution in [-0.2, 0) is 9.53 Å². The molecule has 7 heteroatoms. The first-order chi connectivity index (χ1) is 13.7. The van der Waals surface area contributed by atoms with Crippen LogP contribution in [0.3, 0.4) is 0 Å². The summed E-state index contributed by atoms with van der Waals surface area (Å²) in [6, 6.07) is 0.0860. The summed E-state index contributed by atoms with van der Waals surface area (Å²) >= 11 is 0. The molecule has 3 heterocycles. The maximum atomic E-state index is 12.9. The van der Waals surface area contributed by atoms with Crippen molar-refractivity contribution in [3.63, 3.8) is 0 Å². The van der Waals surface area contributed by atoms with E-state index in [1.807, 2.05) is 6.92 Å². The molecule has 2 aliphatic heterocycles. The quantitative estimate of drug-likeness (QED) is 0.808. The Bertz CT molecular complexity index is 636. The minimum atomic E-state index is 0.0806. The van der Waals surface area contributed by atoms with Crippen LogP contribution in [-0.4, -0.2) is 64.9 Å². The average Bonchev–Trinajstić information content (AvgIpc) is 3.16. The van der Waals surface area contributed by atoms with Gasteiger partial charge in [-0.2, -0.15) is 5.10 Å². The topological polar surface area (TPSA) is 83.1 Å². The van der Waals surface area contributed by atoms with Gasteiger partial charge in [0.15, 0.2) is 5.82 Å². The molecule has 4 rings (SSSR count). The summed E-state index contributed by atoms with van der Waals surface area (Å²) in [5.41, 5.74) is 0. The number of hydrogen-bond acceptors (Lipinski definition) is 5. The van der Waals surface area contributed by atoms with Gasteiger partial charge in [-0.25, -0.2) is 4.98 Å². The molecule has 0 unspecified atom stereocenters. The highest BCUT2D eigenvalue weighted by Crippen LogP contribution is 2.30. The highest BCUT2D eigenvalue weighted by Gasteiger charge is 2.36. The van der Waals surface area contributed by atoms with Crippen LogP contribution in [0, 0.1) is 18.8 Å². The SMILES string of the molecule is Cc1nc([C@H]2CCN(CC3CCCCC3)C[C@H]2NC(=O)C2CCOCC2)n[nH]1. The Morgan fingerprint density at radius 3 is 2.68 bits per heavy atom. The Hall–Kier alpha value is -1.47. The van der Waals surface area contributed by atoms with Crippen molar-refractivity contribution in [3.8, 4) is 0 Å². The number of nitrogens with zero attached hydrogens (tertiary/aromatic N) is 3. The number of piperidine rings is 1. The van der Waals surface area contributed by atoms with E-state index in [9.17, 15) is 4.79 Å². The Morgan fingerprint density at radius 2 is 1.96 bits per heavy atom. The smallest absolute Gasteiger partial charge is 0.223 e. The van der Waals surface area contributed by atoms with E-state index in [1.54, 1.807) is 0 Å². The maximum Gasteiger partial charge on any atom is 0.223 e. The summed E-state index contributed by atoms with van der Waals surface area (Å²) in [5, 5.41) is 10.8. The van der Waals surface area contributed by atoms with Crippen LogP contribution >= 0.6 is 0 Å². The predicted octanol–water partition coefficient (Wildman–Crippen LogP) is 2.39. The number of ether oxygens (including phenoxy) is 1. The van der Waals surface area contributed by atoms with Crippen LogP contribution in [0.5, 0.6) is 0 Å². The molecule has 7 nitrogen and oxygen atoms in total. The molecule has 156 valence electrons.